The van der Waals surface area contributed by atoms with Crippen molar-refractivity contribution in [3.05, 3.63) is 16.0 Å². The number of carbonyl (C=O) groups is 3. The van der Waals surface area contributed by atoms with Crippen LogP contribution in [0.1, 0.15) is 61.3 Å². The van der Waals surface area contributed by atoms with Crippen molar-refractivity contribution in [1.82, 2.24) is 9.80 Å². The van der Waals surface area contributed by atoms with Crippen LogP contribution in [0.5, 0.6) is 0 Å². The molecule has 1 aliphatic heterocycles. The highest BCUT2D eigenvalue weighted by Crippen LogP contribution is 2.41. The Morgan fingerprint density at radius 3 is 2.34 bits per heavy atom. The second-order valence-electron chi connectivity index (χ2n) is 7.39. The Balaban J connectivity index is 1.98. The monoisotopic (exact) mass is 421 g/mol. The molecule has 3 amide bonds. The van der Waals surface area contributed by atoms with Crippen molar-refractivity contribution in [3.63, 3.8) is 0 Å². The normalized spacial score (nSPS) is 15.7. The summed E-state index contributed by atoms with van der Waals surface area (Å²) in [5.41, 5.74) is 1.45. The molecule has 8 heteroatoms. The third-order valence-corrected chi connectivity index (χ3v) is 6.82. The second kappa shape index (κ2) is 9.15. The molecule has 1 aliphatic carbocycles. The van der Waals surface area contributed by atoms with Crippen molar-refractivity contribution in [3.8, 4) is 0 Å². The lowest BCUT2D eigenvalue weighted by Gasteiger charge is -2.28. The summed E-state index contributed by atoms with van der Waals surface area (Å²) >= 11 is 1.45. The van der Waals surface area contributed by atoms with E-state index in [9.17, 15) is 14.4 Å². The van der Waals surface area contributed by atoms with E-state index in [2.05, 4.69) is 0 Å². The number of hydrogen-bond donors (Lipinski definition) is 0. The highest BCUT2D eigenvalue weighted by molar-refractivity contribution is 7.17. The third-order valence-electron chi connectivity index (χ3n) is 5.58. The number of nitrogens with zero attached hydrogens (tertiary/aromatic N) is 3. The molecule has 7 nitrogen and oxygen atoms in total. The fourth-order valence-electron chi connectivity index (χ4n) is 3.80. The van der Waals surface area contributed by atoms with Crippen LogP contribution >= 0.6 is 11.3 Å². The number of fused-ring (bicyclic) bond motifs is 1. The zero-order valence-electron chi connectivity index (χ0n) is 17.8. The average molecular weight is 422 g/mol. The summed E-state index contributed by atoms with van der Waals surface area (Å²) in [6.45, 7) is 10.7. The molecule has 160 valence electrons. The predicted molar refractivity (Wildman–Crippen MR) is 113 cm³/mol. The maximum Gasteiger partial charge on any atom is 0.341 e. The number of amides is 3. The van der Waals surface area contributed by atoms with Gasteiger partial charge in [0.1, 0.15) is 5.00 Å². The van der Waals surface area contributed by atoms with Crippen molar-refractivity contribution in [2.45, 2.75) is 53.5 Å². The van der Waals surface area contributed by atoms with E-state index >= 15 is 0 Å². The van der Waals surface area contributed by atoms with E-state index < -0.39 is 0 Å². The number of carbonyl (C=O) groups excluding carboxylic acids is 3. The largest absolute Gasteiger partial charge is 0.462 e. The van der Waals surface area contributed by atoms with E-state index in [0.29, 0.717) is 49.7 Å². The Morgan fingerprint density at radius 1 is 1.10 bits per heavy atom. The van der Waals surface area contributed by atoms with Gasteiger partial charge in [0.05, 0.1) is 18.7 Å². The Morgan fingerprint density at radius 2 is 1.79 bits per heavy atom. The van der Waals surface area contributed by atoms with Gasteiger partial charge in [0.25, 0.3) is 0 Å². The van der Waals surface area contributed by atoms with Crippen molar-refractivity contribution in [2.24, 2.45) is 5.92 Å². The summed E-state index contributed by atoms with van der Waals surface area (Å²) in [4.78, 5) is 44.8. The molecule has 2 heterocycles. The maximum absolute atomic E-state index is 13.1. The van der Waals surface area contributed by atoms with Gasteiger partial charge in [-0.3, -0.25) is 9.69 Å². The molecule has 1 aromatic rings. The van der Waals surface area contributed by atoms with Gasteiger partial charge in [0, 0.05) is 37.0 Å². The quantitative estimate of drug-likeness (QED) is 0.632. The Hall–Kier alpha value is -2.09. The third kappa shape index (κ3) is 4.27. The lowest BCUT2D eigenvalue weighted by Crippen LogP contribution is -2.43. The van der Waals surface area contributed by atoms with Crippen LogP contribution in [0.3, 0.4) is 0 Å². The maximum atomic E-state index is 13.1. The topological polar surface area (TPSA) is 70.2 Å². The molecule has 0 saturated heterocycles. The molecule has 1 aromatic heterocycles. The summed E-state index contributed by atoms with van der Waals surface area (Å²) in [5, 5.41) is 0.647. The molecular weight excluding hydrogens is 390 g/mol. The van der Waals surface area contributed by atoms with Crippen LogP contribution in [-0.4, -0.2) is 60.5 Å². The van der Waals surface area contributed by atoms with E-state index in [1.54, 1.807) is 16.7 Å². The van der Waals surface area contributed by atoms with Gasteiger partial charge in [-0.25, -0.2) is 9.59 Å². The standard InChI is InChI=1S/C21H31N3O4S/c1-5-22(6-2)21(27)24(7-3)19-17(20(26)28-8-4)15-11-12-23(13-16(15)29-19)18(25)14-9-10-14/h14H,5-13H2,1-4H3. The predicted octanol–water partition coefficient (Wildman–Crippen LogP) is 3.51. The molecule has 2 aliphatic rings. The van der Waals surface area contributed by atoms with Gasteiger partial charge < -0.3 is 14.5 Å². The van der Waals surface area contributed by atoms with Gasteiger partial charge in [0.2, 0.25) is 5.91 Å². The van der Waals surface area contributed by atoms with Gasteiger partial charge in [-0.15, -0.1) is 11.3 Å². The van der Waals surface area contributed by atoms with Crippen LogP contribution < -0.4 is 4.90 Å². The zero-order chi connectivity index (χ0) is 21.1. The number of thiophene rings is 1. The van der Waals surface area contributed by atoms with Gasteiger partial charge in [-0.1, -0.05) is 0 Å². The number of hydrogen-bond acceptors (Lipinski definition) is 5. The number of esters is 1. The van der Waals surface area contributed by atoms with Crippen molar-refractivity contribution < 1.29 is 19.1 Å². The van der Waals surface area contributed by atoms with E-state index in [1.165, 1.54) is 11.3 Å². The number of rotatable bonds is 7. The lowest BCUT2D eigenvalue weighted by atomic mass is 10.0. The number of urea groups is 1. The molecule has 0 spiro atoms. The molecule has 1 fully saturated rings. The summed E-state index contributed by atoms with van der Waals surface area (Å²) in [6.07, 6.45) is 2.58. The average Bonchev–Trinajstić information content (AvgIpc) is 3.49. The van der Waals surface area contributed by atoms with Crippen molar-refractivity contribution >= 4 is 34.2 Å². The second-order valence-corrected chi connectivity index (χ2v) is 8.47. The first-order valence-corrected chi connectivity index (χ1v) is 11.4. The molecule has 3 rings (SSSR count). The first-order chi connectivity index (χ1) is 14.0. The van der Waals surface area contributed by atoms with E-state index in [-0.39, 0.29) is 30.4 Å². The van der Waals surface area contributed by atoms with Crippen molar-refractivity contribution in [1.29, 1.82) is 0 Å². The first-order valence-electron chi connectivity index (χ1n) is 10.6. The minimum atomic E-state index is -0.382. The molecule has 0 atom stereocenters. The molecule has 0 N–H and O–H groups in total. The summed E-state index contributed by atoms with van der Waals surface area (Å²) in [6, 6.07) is -0.104. The summed E-state index contributed by atoms with van der Waals surface area (Å²) in [7, 11) is 0. The Bertz CT molecular complexity index is 783. The molecular formula is C21H31N3O4S. The summed E-state index contributed by atoms with van der Waals surface area (Å²) < 4.78 is 5.34. The van der Waals surface area contributed by atoms with Crippen LogP contribution in [0.25, 0.3) is 0 Å². The molecule has 0 unspecified atom stereocenters. The fourth-order valence-corrected chi connectivity index (χ4v) is 5.21. The molecule has 29 heavy (non-hydrogen) atoms. The Kier molecular flexibility index (Phi) is 6.82. The van der Waals surface area contributed by atoms with E-state index in [4.69, 9.17) is 4.74 Å². The summed E-state index contributed by atoms with van der Waals surface area (Å²) in [5.74, 6) is 0.0134. The van der Waals surface area contributed by atoms with Crippen LogP contribution in [-0.2, 0) is 22.5 Å². The molecule has 0 bridgehead atoms. The highest BCUT2D eigenvalue weighted by atomic mass is 32.1. The smallest absolute Gasteiger partial charge is 0.341 e. The molecule has 1 saturated carbocycles. The zero-order valence-corrected chi connectivity index (χ0v) is 18.6. The van der Waals surface area contributed by atoms with Crippen LogP contribution in [0.2, 0.25) is 0 Å². The first kappa shape index (κ1) is 21.6. The minimum Gasteiger partial charge on any atom is -0.462 e. The number of ether oxygens (including phenoxy) is 1. The lowest BCUT2D eigenvalue weighted by molar-refractivity contribution is -0.133. The molecule has 0 radical (unpaired) electrons. The van der Waals surface area contributed by atoms with Gasteiger partial charge in [0.15, 0.2) is 0 Å². The van der Waals surface area contributed by atoms with Crippen LogP contribution in [0.4, 0.5) is 9.80 Å². The fraction of sp³-hybridized carbons (Fsp3) is 0.667. The SMILES string of the molecule is CCOC(=O)c1c(N(CC)C(=O)N(CC)CC)sc2c1CCN(C(=O)C1CC1)C2. The minimum absolute atomic E-state index is 0.104. The van der Waals surface area contributed by atoms with Crippen LogP contribution in [0.15, 0.2) is 0 Å². The van der Waals surface area contributed by atoms with Gasteiger partial charge in [-0.2, -0.15) is 0 Å². The Labute approximate surface area is 176 Å². The van der Waals surface area contributed by atoms with Gasteiger partial charge in [-0.05, 0) is 52.5 Å². The highest BCUT2D eigenvalue weighted by Gasteiger charge is 2.38. The van der Waals surface area contributed by atoms with E-state index in [1.807, 2.05) is 25.7 Å². The van der Waals surface area contributed by atoms with Crippen molar-refractivity contribution in [2.75, 3.05) is 37.7 Å². The van der Waals surface area contributed by atoms with E-state index in [0.717, 1.165) is 23.3 Å². The van der Waals surface area contributed by atoms with Crippen LogP contribution in [0, 0.1) is 5.92 Å². The molecule has 0 aromatic carbocycles. The number of anilines is 1. The van der Waals surface area contributed by atoms with Gasteiger partial charge >= 0.3 is 12.0 Å².